The summed E-state index contributed by atoms with van der Waals surface area (Å²) in [7, 11) is 0. The number of hydrogen-bond acceptors (Lipinski definition) is 4. The van der Waals surface area contributed by atoms with E-state index < -0.39 is 11.6 Å². The number of ether oxygens (including phenoxy) is 2. The van der Waals surface area contributed by atoms with E-state index in [2.05, 4.69) is 0 Å². The molecule has 4 heteroatoms. The third-order valence-electron chi connectivity index (χ3n) is 2.59. The summed E-state index contributed by atoms with van der Waals surface area (Å²) >= 11 is 0. The first-order valence-corrected chi connectivity index (χ1v) is 6.69. The van der Waals surface area contributed by atoms with Crippen LogP contribution in [0, 0.1) is 0 Å². The van der Waals surface area contributed by atoms with Gasteiger partial charge in [-0.1, -0.05) is 25.1 Å². The zero-order valence-electron chi connectivity index (χ0n) is 12.3. The number of benzene rings is 1. The van der Waals surface area contributed by atoms with E-state index in [1.165, 1.54) is 0 Å². The van der Waals surface area contributed by atoms with E-state index in [4.69, 9.17) is 14.6 Å². The number of aliphatic hydroxyl groups is 1. The second-order valence-corrected chi connectivity index (χ2v) is 4.98. The standard InChI is InChI=1S/C16H22O4/c1-4-5-10-16(2,3)20-15(18)12-19-14-8-6-13(11-17)7-9-14/h5-10,17H,4,11-12H2,1-3H3/b10-5+. The van der Waals surface area contributed by atoms with Gasteiger partial charge in [-0.05, 0) is 44.0 Å². The van der Waals surface area contributed by atoms with Gasteiger partial charge in [-0.3, -0.25) is 0 Å². The molecule has 0 amide bonds. The Morgan fingerprint density at radius 2 is 1.95 bits per heavy atom. The fourth-order valence-electron chi connectivity index (χ4n) is 1.59. The predicted octanol–water partition coefficient (Wildman–Crippen LogP) is 2.85. The van der Waals surface area contributed by atoms with Crippen molar-refractivity contribution in [1.29, 1.82) is 0 Å². The predicted molar refractivity (Wildman–Crippen MR) is 77.5 cm³/mol. The Morgan fingerprint density at radius 1 is 1.30 bits per heavy atom. The number of carbonyl (C=O) groups is 1. The highest BCUT2D eigenvalue weighted by Gasteiger charge is 2.19. The van der Waals surface area contributed by atoms with E-state index >= 15 is 0 Å². The molecule has 4 nitrogen and oxygen atoms in total. The van der Waals surface area contributed by atoms with Crippen molar-refractivity contribution in [3.05, 3.63) is 42.0 Å². The Morgan fingerprint density at radius 3 is 2.50 bits per heavy atom. The molecule has 20 heavy (non-hydrogen) atoms. The average Bonchev–Trinajstić information content (AvgIpc) is 2.43. The van der Waals surface area contributed by atoms with Gasteiger partial charge in [-0.2, -0.15) is 0 Å². The first-order chi connectivity index (χ1) is 9.46. The molecular weight excluding hydrogens is 256 g/mol. The lowest BCUT2D eigenvalue weighted by Crippen LogP contribution is -2.28. The highest BCUT2D eigenvalue weighted by atomic mass is 16.6. The molecule has 1 aromatic carbocycles. The maximum absolute atomic E-state index is 11.7. The van der Waals surface area contributed by atoms with E-state index in [1.54, 1.807) is 24.3 Å². The second-order valence-electron chi connectivity index (χ2n) is 4.98. The summed E-state index contributed by atoms with van der Waals surface area (Å²) in [5.41, 5.74) is 0.169. The van der Waals surface area contributed by atoms with Gasteiger partial charge >= 0.3 is 5.97 Å². The van der Waals surface area contributed by atoms with Gasteiger partial charge in [0.05, 0.1) is 6.61 Å². The van der Waals surface area contributed by atoms with Crippen LogP contribution in [0.3, 0.4) is 0 Å². The van der Waals surface area contributed by atoms with Crippen LogP contribution in [0.4, 0.5) is 0 Å². The monoisotopic (exact) mass is 278 g/mol. The van der Waals surface area contributed by atoms with Crippen molar-refractivity contribution in [2.24, 2.45) is 0 Å². The molecule has 0 aliphatic carbocycles. The van der Waals surface area contributed by atoms with Crippen LogP contribution < -0.4 is 4.74 Å². The van der Waals surface area contributed by atoms with Crippen molar-refractivity contribution < 1.29 is 19.4 Å². The fraction of sp³-hybridized carbons (Fsp3) is 0.438. The first-order valence-electron chi connectivity index (χ1n) is 6.69. The van der Waals surface area contributed by atoms with Gasteiger partial charge in [-0.25, -0.2) is 4.79 Å². The molecule has 1 rings (SSSR count). The molecule has 0 unspecified atom stereocenters. The van der Waals surface area contributed by atoms with Crippen molar-refractivity contribution in [1.82, 2.24) is 0 Å². The van der Waals surface area contributed by atoms with Gasteiger partial charge in [0.15, 0.2) is 6.61 Å². The Kier molecular flexibility index (Phi) is 6.25. The maximum Gasteiger partial charge on any atom is 0.345 e. The summed E-state index contributed by atoms with van der Waals surface area (Å²) in [4.78, 5) is 11.7. The summed E-state index contributed by atoms with van der Waals surface area (Å²) in [6.45, 7) is 5.52. The number of allylic oxidation sites excluding steroid dienone is 1. The van der Waals surface area contributed by atoms with Gasteiger partial charge in [-0.15, -0.1) is 0 Å². The Balaban J connectivity index is 2.44. The van der Waals surface area contributed by atoms with Crippen LogP contribution in [-0.2, 0) is 16.1 Å². The molecule has 0 aromatic heterocycles. The summed E-state index contributed by atoms with van der Waals surface area (Å²) in [6.07, 6.45) is 4.72. The van der Waals surface area contributed by atoms with Gasteiger partial charge in [0.2, 0.25) is 0 Å². The van der Waals surface area contributed by atoms with E-state index in [0.717, 1.165) is 12.0 Å². The number of esters is 1. The van der Waals surface area contributed by atoms with Crippen molar-refractivity contribution in [3.63, 3.8) is 0 Å². The van der Waals surface area contributed by atoms with Crippen LogP contribution in [-0.4, -0.2) is 23.3 Å². The quantitative estimate of drug-likeness (QED) is 0.615. The topological polar surface area (TPSA) is 55.8 Å². The van der Waals surface area contributed by atoms with Crippen LogP contribution in [0.15, 0.2) is 36.4 Å². The van der Waals surface area contributed by atoms with Crippen molar-refractivity contribution in [3.8, 4) is 5.75 Å². The van der Waals surface area contributed by atoms with E-state index in [9.17, 15) is 4.79 Å². The molecule has 0 radical (unpaired) electrons. The van der Waals surface area contributed by atoms with Crippen molar-refractivity contribution in [2.45, 2.75) is 39.4 Å². The fourth-order valence-corrected chi connectivity index (χ4v) is 1.59. The number of rotatable bonds is 7. The summed E-state index contributed by atoms with van der Waals surface area (Å²) in [5, 5.41) is 8.92. The minimum Gasteiger partial charge on any atom is -0.482 e. The molecular formula is C16H22O4. The third kappa shape index (κ3) is 5.89. The van der Waals surface area contributed by atoms with Crippen LogP contribution in [0.5, 0.6) is 5.75 Å². The zero-order chi connectivity index (χ0) is 15.0. The molecule has 0 atom stereocenters. The normalized spacial score (nSPS) is 11.6. The molecule has 1 N–H and O–H groups in total. The summed E-state index contributed by atoms with van der Waals surface area (Å²) in [6, 6.07) is 6.91. The summed E-state index contributed by atoms with van der Waals surface area (Å²) in [5.74, 6) is 0.156. The Labute approximate surface area is 120 Å². The SMILES string of the molecule is CC/C=C/C(C)(C)OC(=O)COc1ccc(CO)cc1. The average molecular weight is 278 g/mol. The highest BCUT2D eigenvalue weighted by Crippen LogP contribution is 2.14. The third-order valence-corrected chi connectivity index (χ3v) is 2.59. The smallest absolute Gasteiger partial charge is 0.345 e. The minimum atomic E-state index is -0.628. The van der Waals surface area contributed by atoms with Crippen LogP contribution in [0.1, 0.15) is 32.8 Å². The Hall–Kier alpha value is -1.81. The molecule has 0 saturated heterocycles. The van der Waals surface area contributed by atoms with Crippen molar-refractivity contribution in [2.75, 3.05) is 6.61 Å². The van der Waals surface area contributed by atoms with Crippen LogP contribution in [0.2, 0.25) is 0 Å². The van der Waals surface area contributed by atoms with Gasteiger partial charge in [0, 0.05) is 0 Å². The van der Waals surface area contributed by atoms with Gasteiger partial charge < -0.3 is 14.6 Å². The molecule has 0 bridgehead atoms. The molecule has 0 saturated carbocycles. The van der Waals surface area contributed by atoms with Crippen LogP contribution in [0.25, 0.3) is 0 Å². The lowest BCUT2D eigenvalue weighted by molar-refractivity contribution is -0.154. The molecule has 0 aliphatic rings. The number of hydrogen-bond donors (Lipinski definition) is 1. The second kappa shape index (κ2) is 7.70. The Bertz CT molecular complexity index is 446. The van der Waals surface area contributed by atoms with E-state index in [-0.39, 0.29) is 13.2 Å². The summed E-state index contributed by atoms with van der Waals surface area (Å²) < 4.78 is 10.7. The molecule has 0 fully saturated rings. The lowest BCUT2D eigenvalue weighted by Gasteiger charge is -2.21. The molecule has 110 valence electrons. The largest absolute Gasteiger partial charge is 0.482 e. The maximum atomic E-state index is 11.7. The molecule has 0 heterocycles. The lowest BCUT2D eigenvalue weighted by atomic mass is 10.1. The van der Waals surface area contributed by atoms with Gasteiger partial charge in [0.25, 0.3) is 0 Å². The molecule has 1 aromatic rings. The van der Waals surface area contributed by atoms with Crippen LogP contribution >= 0.6 is 0 Å². The van der Waals surface area contributed by atoms with E-state index in [0.29, 0.717) is 5.75 Å². The molecule has 0 spiro atoms. The van der Waals surface area contributed by atoms with E-state index in [1.807, 2.05) is 32.9 Å². The number of carbonyl (C=O) groups excluding carboxylic acids is 1. The van der Waals surface area contributed by atoms with Gasteiger partial charge in [0.1, 0.15) is 11.4 Å². The highest BCUT2D eigenvalue weighted by molar-refractivity contribution is 5.71. The first kappa shape index (κ1) is 16.2. The molecule has 0 aliphatic heterocycles. The zero-order valence-corrected chi connectivity index (χ0v) is 12.3. The number of aliphatic hydroxyl groups excluding tert-OH is 1. The van der Waals surface area contributed by atoms with Crippen molar-refractivity contribution >= 4 is 5.97 Å². The minimum absolute atomic E-state index is 0.0136.